The Labute approximate surface area is 115 Å². The fourth-order valence-corrected chi connectivity index (χ4v) is 2.67. The Bertz CT molecular complexity index is 333. The van der Waals surface area contributed by atoms with Crippen LogP contribution in [0.1, 0.15) is 52.9 Å². The van der Waals surface area contributed by atoms with E-state index in [9.17, 15) is 14.7 Å². The molecule has 0 aliphatic carbocycles. The van der Waals surface area contributed by atoms with Crippen LogP contribution in [0.25, 0.3) is 0 Å². The molecule has 0 aromatic carbocycles. The molecule has 2 unspecified atom stereocenters. The number of rotatable bonds is 6. The summed E-state index contributed by atoms with van der Waals surface area (Å²) in [6.45, 7) is 6.93. The zero-order valence-corrected chi connectivity index (χ0v) is 12.2. The van der Waals surface area contributed by atoms with Gasteiger partial charge in [0.15, 0.2) is 0 Å². The van der Waals surface area contributed by atoms with Crippen LogP contribution in [0.3, 0.4) is 0 Å². The van der Waals surface area contributed by atoms with Gasteiger partial charge >= 0.3 is 5.97 Å². The van der Waals surface area contributed by atoms with E-state index in [1.807, 2.05) is 4.90 Å². The lowest BCUT2D eigenvalue weighted by molar-refractivity contribution is -0.156. The van der Waals surface area contributed by atoms with Crippen LogP contribution in [0.5, 0.6) is 0 Å². The van der Waals surface area contributed by atoms with E-state index >= 15 is 0 Å². The van der Waals surface area contributed by atoms with Crippen LogP contribution >= 0.6 is 0 Å². The molecule has 0 spiro atoms. The van der Waals surface area contributed by atoms with Gasteiger partial charge < -0.3 is 10.4 Å². The molecule has 0 aromatic rings. The Hall–Kier alpha value is -1.10. The maximum absolute atomic E-state index is 12.1. The third-order valence-electron chi connectivity index (χ3n) is 4.08. The normalized spacial score (nSPS) is 25.8. The Kier molecular flexibility index (Phi) is 5.79. The molecule has 1 heterocycles. The molecule has 0 aromatic heterocycles. The van der Waals surface area contributed by atoms with Gasteiger partial charge in [-0.1, -0.05) is 13.3 Å². The van der Waals surface area contributed by atoms with Crippen LogP contribution in [-0.2, 0) is 9.59 Å². The predicted molar refractivity (Wildman–Crippen MR) is 74.0 cm³/mol. The summed E-state index contributed by atoms with van der Waals surface area (Å²) < 4.78 is 0. The van der Waals surface area contributed by atoms with Gasteiger partial charge in [0, 0.05) is 13.1 Å². The Morgan fingerprint density at radius 2 is 2.11 bits per heavy atom. The second-order valence-electron chi connectivity index (χ2n) is 5.55. The first-order chi connectivity index (χ1) is 8.93. The first kappa shape index (κ1) is 16.0. The number of hydrogen-bond acceptors (Lipinski definition) is 3. The lowest BCUT2D eigenvalue weighted by Crippen LogP contribution is -2.61. The number of hydrogen-bond donors (Lipinski definition) is 2. The summed E-state index contributed by atoms with van der Waals surface area (Å²) in [6.07, 6.45) is 4.45. The molecule has 110 valence electrons. The largest absolute Gasteiger partial charge is 0.480 e. The number of carbonyl (C=O) groups is 2. The molecule has 5 heteroatoms. The summed E-state index contributed by atoms with van der Waals surface area (Å²) in [5.41, 5.74) is -0.917. The van der Waals surface area contributed by atoms with Gasteiger partial charge in [0.25, 0.3) is 0 Å². The monoisotopic (exact) mass is 270 g/mol. The van der Waals surface area contributed by atoms with Crippen molar-refractivity contribution in [2.24, 2.45) is 0 Å². The molecule has 1 saturated heterocycles. The van der Waals surface area contributed by atoms with E-state index in [0.29, 0.717) is 19.5 Å². The second-order valence-corrected chi connectivity index (χ2v) is 5.55. The quantitative estimate of drug-likeness (QED) is 0.720. The predicted octanol–water partition coefficient (Wildman–Crippen LogP) is 1.62. The minimum absolute atomic E-state index is 0.0668. The highest BCUT2D eigenvalue weighted by atomic mass is 16.4. The minimum atomic E-state index is -0.917. The van der Waals surface area contributed by atoms with Crippen LogP contribution in [-0.4, -0.2) is 46.6 Å². The molecule has 1 rings (SSSR count). The highest BCUT2D eigenvalue weighted by molar-refractivity contribution is 5.84. The average molecular weight is 270 g/mol. The van der Waals surface area contributed by atoms with Crippen LogP contribution < -0.4 is 5.32 Å². The third kappa shape index (κ3) is 3.69. The van der Waals surface area contributed by atoms with Crippen molar-refractivity contribution in [3.8, 4) is 0 Å². The Balaban J connectivity index is 2.69. The SMILES string of the molecule is CCCCNC(=O)C(C)N1CCCCC1(C)C(=O)O. The molecule has 1 amide bonds. The van der Waals surface area contributed by atoms with Gasteiger partial charge in [0.05, 0.1) is 6.04 Å². The van der Waals surface area contributed by atoms with Crippen molar-refractivity contribution in [1.82, 2.24) is 10.2 Å². The van der Waals surface area contributed by atoms with Crippen molar-refractivity contribution in [2.75, 3.05) is 13.1 Å². The number of amides is 1. The molecular formula is C14H26N2O3. The van der Waals surface area contributed by atoms with E-state index in [1.54, 1.807) is 13.8 Å². The molecule has 1 fully saturated rings. The van der Waals surface area contributed by atoms with Crippen molar-refractivity contribution in [1.29, 1.82) is 0 Å². The molecule has 19 heavy (non-hydrogen) atoms. The number of carbonyl (C=O) groups excluding carboxylic acids is 1. The van der Waals surface area contributed by atoms with Crippen molar-refractivity contribution in [3.05, 3.63) is 0 Å². The van der Waals surface area contributed by atoms with Crippen LogP contribution in [0.15, 0.2) is 0 Å². The number of carboxylic acid groups (broad SMARTS) is 1. The van der Waals surface area contributed by atoms with E-state index in [4.69, 9.17) is 0 Å². The fourth-order valence-electron chi connectivity index (χ4n) is 2.67. The number of unbranched alkanes of at least 4 members (excludes halogenated alkanes) is 1. The Morgan fingerprint density at radius 1 is 1.42 bits per heavy atom. The first-order valence-electron chi connectivity index (χ1n) is 7.21. The maximum Gasteiger partial charge on any atom is 0.323 e. The zero-order valence-electron chi connectivity index (χ0n) is 12.2. The van der Waals surface area contributed by atoms with E-state index in [-0.39, 0.29) is 5.91 Å². The molecule has 1 aliphatic rings. The van der Waals surface area contributed by atoms with Crippen molar-refractivity contribution >= 4 is 11.9 Å². The van der Waals surface area contributed by atoms with Crippen LogP contribution in [0.2, 0.25) is 0 Å². The number of aliphatic carboxylic acids is 1. The van der Waals surface area contributed by atoms with Gasteiger partial charge in [-0.3, -0.25) is 14.5 Å². The molecule has 0 saturated carbocycles. The van der Waals surface area contributed by atoms with Gasteiger partial charge in [-0.25, -0.2) is 0 Å². The molecule has 1 aliphatic heterocycles. The molecule has 2 N–H and O–H groups in total. The number of nitrogens with zero attached hydrogens (tertiary/aromatic N) is 1. The van der Waals surface area contributed by atoms with Crippen molar-refractivity contribution < 1.29 is 14.7 Å². The highest BCUT2D eigenvalue weighted by Crippen LogP contribution is 2.30. The smallest absolute Gasteiger partial charge is 0.323 e. The number of carboxylic acids is 1. The van der Waals surface area contributed by atoms with Gasteiger partial charge in [0.2, 0.25) is 5.91 Å². The molecule has 0 radical (unpaired) electrons. The zero-order chi connectivity index (χ0) is 14.5. The third-order valence-corrected chi connectivity index (χ3v) is 4.08. The minimum Gasteiger partial charge on any atom is -0.480 e. The van der Waals surface area contributed by atoms with Crippen LogP contribution in [0.4, 0.5) is 0 Å². The van der Waals surface area contributed by atoms with Crippen molar-refractivity contribution in [2.45, 2.75) is 64.5 Å². The van der Waals surface area contributed by atoms with Gasteiger partial charge in [-0.2, -0.15) is 0 Å². The highest BCUT2D eigenvalue weighted by Gasteiger charge is 2.44. The summed E-state index contributed by atoms with van der Waals surface area (Å²) in [4.78, 5) is 25.4. The summed E-state index contributed by atoms with van der Waals surface area (Å²) in [7, 11) is 0. The topological polar surface area (TPSA) is 69.6 Å². The fraction of sp³-hybridized carbons (Fsp3) is 0.857. The number of likely N-dealkylation sites (tertiary alicyclic amines) is 1. The van der Waals surface area contributed by atoms with E-state index in [0.717, 1.165) is 25.7 Å². The molecule has 0 bridgehead atoms. The number of piperidine rings is 1. The lowest BCUT2D eigenvalue weighted by atomic mass is 9.87. The average Bonchev–Trinajstić information content (AvgIpc) is 2.38. The number of nitrogens with one attached hydrogen (secondary N) is 1. The van der Waals surface area contributed by atoms with Gasteiger partial charge in [0.1, 0.15) is 5.54 Å². The molecule has 2 atom stereocenters. The summed E-state index contributed by atoms with van der Waals surface area (Å²) >= 11 is 0. The standard InChI is InChI=1S/C14H26N2O3/c1-4-5-9-15-12(17)11(2)16-10-7-6-8-14(16,3)13(18)19/h11H,4-10H2,1-3H3,(H,15,17)(H,18,19). The Morgan fingerprint density at radius 3 is 2.68 bits per heavy atom. The first-order valence-corrected chi connectivity index (χ1v) is 7.21. The summed E-state index contributed by atoms with van der Waals surface area (Å²) in [5.74, 6) is -0.900. The second kappa shape index (κ2) is 6.89. The van der Waals surface area contributed by atoms with Gasteiger partial charge in [-0.05, 0) is 39.5 Å². The van der Waals surface area contributed by atoms with E-state index in [1.165, 1.54) is 0 Å². The lowest BCUT2D eigenvalue weighted by Gasteiger charge is -2.44. The molecular weight excluding hydrogens is 244 g/mol. The molecule has 5 nitrogen and oxygen atoms in total. The van der Waals surface area contributed by atoms with Crippen molar-refractivity contribution in [3.63, 3.8) is 0 Å². The maximum atomic E-state index is 12.1. The summed E-state index contributed by atoms with van der Waals surface area (Å²) in [6, 6.07) is -0.391. The van der Waals surface area contributed by atoms with Gasteiger partial charge in [-0.15, -0.1) is 0 Å². The van der Waals surface area contributed by atoms with Crippen LogP contribution in [0, 0.1) is 0 Å². The van der Waals surface area contributed by atoms with E-state index in [2.05, 4.69) is 12.2 Å². The summed E-state index contributed by atoms with van der Waals surface area (Å²) in [5, 5.41) is 12.3. The van der Waals surface area contributed by atoms with E-state index < -0.39 is 17.6 Å².